The van der Waals surface area contributed by atoms with E-state index in [-0.39, 0.29) is 92.6 Å². The largest absolute Gasteiger partial charge is 0.493 e. The molecule has 33 heteroatoms. The first kappa shape index (κ1) is 88.1. The molecule has 31 nitrogen and oxygen atoms in total. The number of carboxylic acid groups (broad SMARTS) is 1. The molecule has 598 valence electrons. The predicted molar refractivity (Wildman–Crippen MR) is 404 cm³/mol. The highest BCUT2D eigenvalue weighted by Gasteiger charge is 2.58. The molecule has 0 radical (unpaired) electrons. The van der Waals surface area contributed by atoms with Gasteiger partial charge in [0, 0.05) is 100 Å². The van der Waals surface area contributed by atoms with E-state index in [9.17, 15) is 78.6 Å². The van der Waals surface area contributed by atoms with E-state index in [1.807, 2.05) is 60.7 Å². The Morgan fingerprint density at radius 3 is 1.34 bits per heavy atom. The zero-order chi connectivity index (χ0) is 79.8. The number of rotatable bonds is 44. The fraction of sp³-hybridized carbons (Fsp3) is 0.481. The van der Waals surface area contributed by atoms with Gasteiger partial charge in [0.05, 0.1) is 76.1 Å². The topological polar surface area (TPSA) is 461 Å². The molecule has 0 saturated carbocycles. The Balaban J connectivity index is 0.879. The Hall–Kier alpha value is -9.10. The number of methoxy groups -OCH3 is 2. The summed E-state index contributed by atoms with van der Waals surface area (Å²) in [6.07, 6.45) is -13.2. The van der Waals surface area contributed by atoms with E-state index in [0.29, 0.717) is 48.7 Å². The molecule has 2 unspecified atom stereocenters. The van der Waals surface area contributed by atoms with Crippen LogP contribution in [0.5, 0.6) is 5.75 Å². The van der Waals surface area contributed by atoms with Crippen LogP contribution < -0.4 is 42.0 Å². The van der Waals surface area contributed by atoms with Crippen molar-refractivity contribution < 1.29 is 117 Å². The molecule has 5 aromatic rings. The van der Waals surface area contributed by atoms with Crippen LogP contribution >= 0.6 is 23.5 Å². The number of benzene rings is 5. The first-order chi connectivity index (χ1) is 52.8. The first-order valence-corrected chi connectivity index (χ1v) is 38.4. The maximum absolute atomic E-state index is 13.8. The van der Waals surface area contributed by atoms with Gasteiger partial charge in [-0.25, -0.2) is 9.59 Å². The molecule has 2 saturated heterocycles. The highest BCUT2D eigenvalue weighted by Crippen LogP contribution is 2.37. The zero-order valence-electron chi connectivity index (χ0n) is 61.6. The summed E-state index contributed by atoms with van der Waals surface area (Å²) >= 11 is 2.82. The summed E-state index contributed by atoms with van der Waals surface area (Å²) in [5.41, 5.74) is 4.40. The van der Waals surface area contributed by atoms with E-state index in [4.69, 9.17) is 38.3 Å². The van der Waals surface area contributed by atoms with Gasteiger partial charge in [-0.05, 0) is 108 Å². The van der Waals surface area contributed by atoms with Crippen molar-refractivity contribution in [2.24, 2.45) is 0 Å². The molecule has 2 aliphatic heterocycles. The molecule has 110 heavy (non-hydrogen) atoms. The standard InChI is InChI=1S/C77H99N7O24S2/c1-47(85)83-64-57(87)43-76(74(100)102-3,107-68(64)66(94)59(89)45-81-70(96)53-26-22-51(23-27-53)49-16-7-5-8-17-49)105-36-14-38-109-40-33-79-72(98)55-30-31-56(61(42-55)104-35-13-32-78-62(91)20-11-12-21-63(92)93)73(99)80-34-41-110-39-15-37-106-77(75(101)103-4)44-58(88)65(84-48(2)86)69(108-77)67(95)60(90)46-82-71(97)54-28-24-52(25-29-54)50-18-9-6-10-19-50/h5-10,16-19,22-31,42,57-60,64-69,87-90,94-95H,11-15,20-21,32-41,43-46H2,1-4H3,(H,78,91)(H,79,98)(H,80,99)(H,81,96)(H,82,97)(H,83,85)(H,84,86)(H,92,93)/t57-,58-,59+,60+,64+,65+,66?,67?,68+,69+,76+,77+/m0/s1. The van der Waals surface area contributed by atoms with E-state index in [0.717, 1.165) is 36.5 Å². The minimum atomic E-state index is -2.31. The maximum Gasteiger partial charge on any atom is 0.366 e. The Morgan fingerprint density at radius 1 is 0.482 bits per heavy atom. The molecule has 0 aromatic heterocycles. The summed E-state index contributed by atoms with van der Waals surface area (Å²) in [6.45, 7) is 1.57. The van der Waals surface area contributed by atoms with Crippen LogP contribution in [0.1, 0.15) is 113 Å². The minimum Gasteiger partial charge on any atom is -0.493 e. The molecular weight excluding hydrogens is 1470 g/mol. The van der Waals surface area contributed by atoms with Crippen LogP contribution in [0.25, 0.3) is 22.3 Å². The molecule has 2 heterocycles. The van der Waals surface area contributed by atoms with Crippen LogP contribution in [0.15, 0.2) is 127 Å². The van der Waals surface area contributed by atoms with Gasteiger partial charge in [-0.3, -0.25) is 38.4 Å². The van der Waals surface area contributed by atoms with Crippen molar-refractivity contribution in [3.8, 4) is 28.0 Å². The molecule has 0 spiro atoms. The molecule has 0 bridgehead atoms. The maximum atomic E-state index is 13.8. The van der Waals surface area contributed by atoms with E-state index in [1.165, 1.54) is 55.6 Å². The van der Waals surface area contributed by atoms with Crippen LogP contribution in [-0.4, -0.2) is 257 Å². The molecule has 5 aromatic carbocycles. The molecule has 7 amide bonds. The molecule has 12 atom stereocenters. The lowest BCUT2D eigenvalue weighted by atomic mass is 9.88. The number of unbranched alkanes of at least 4 members (excludes halogenated alkanes) is 1. The quantitative estimate of drug-likeness (QED) is 0.0197. The molecular formula is C77H99N7O24S2. The highest BCUT2D eigenvalue weighted by atomic mass is 32.2. The number of hydrogen-bond acceptors (Lipinski definition) is 25. The second kappa shape index (κ2) is 44.7. The third-order valence-corrected chi connectivity index (χ3v) is 20.0. The van der Waals surface area contributed by atoms with Crippen molar-refractivity contribution in [1.29, 1.82) is 0 Å². The number of amides is 7. The lowest BCUT2D eigenvalue weighted by Crippen LogP contribution is -2.68. The Labute approximate surface area is 645 Å². The van der Waals surface area contributed by atoms with E-state index in [1.54, 1.807) is 48.5 Å². The number of aliphatic hydroxyl groups excluding tert-OH is 6. The number of hydrogen-bond donors (Lipinski definition) is 14. The lowest BCUT2D eigenvalue weighted by molar-refractivity contribution is -0.311. The number of nitrogens with one attached hydrogen (secondary N) is 7. The normalized spacial score (nSPS) is 20.6. The van der Waals surface area contributed by atoms with Gasteiger partial charge in [-0.2, -0.15) is 23.5 Å². The second-order valence-electron chi connectivity index (χ2n) is 26.1. The monoisotopic (exact) mass is 1570 g/mol. The molecule has 2 fully saturated rings. The van der Waals surface area contributed by atoms with Crippen LogP contribution in [0, 0.1) is 0 Å². The summed E-state index contributed by atoms with van der Waals surface area (Å²) in [6, 6.07) is 34.1. The van der Waals surface area contributed by atoms with Crippen molar-refractivity contribution in [2.75, 3.05) is 89.8 Å². The van der Waals surface area contributed by atoms with Crippen molar-refractivity contribution in [2.45, 2.75) is 144 Å². The number of esters is 2. The Kier molecular flexibility index (Phi) is 35.8. The summed E-state index contributed by atoms with van der Waals surface area (Å²) in [5.74, 6) is -9.73. The number of aliphatic hydroxyl groups is 6. The number of thioether (sulfide) groups is 2. The Morgan fingerprint density at radius 2 is 0.900 bits per heavy atom. The van der Waals surface area contributed by atoms with Gasteiger partial charge < -0.3 is 106 Å². The van der Waals surface area contributed by atoms with Gasteiger partial charge in [-0.1, -0.05) is 84.9 Å². The third-order valence-electron chi connectivity index (χ3n) is 17.8. The van der Waals surface area contributed by atoms with Crippen LogP contribution in [0.3, 0.4) is 0 Å². The van der Waals surface area contributed by atoms with Crippen molar-refractivity contribution >= 4 is 82.8 Å². The summed E-state index contributed by atoms with van der Waals surface area (Å²) in [4.78, 5) is 129. The van der Waals surface area contributed by atoms with Gasteiger partial charge >= 0.3 is 17.9 Å². The predicted octanol–water partition coefficient (Wildman–Crippen LogP) is 2.64. The van der Waals surface area contributed by atoms with Crippen molar-refractivity contribution in [3.63, 3.8) is 0 Å². The van der Waals surface area contributed by atoms with E-state index in [2.05, 4.69) is 37.2 Å². The van der Waals surface area contributed by atoms with Crippen LogP contribution in [0.4, 0.5) is 0 Å². The van der Waals surface area contributed by atoms with Crippen molar-refractivity contribution in [1.82, 2.24) is 37.2 Å². The number of carbonyl (C=O) groups is 10. The summed E-state index contributed by atoms with van der Waals surface area (Å²) < 4.78 is 40.3. The molecule has 14 N–H and O–H groups in total. The first-order valence-electron chi connectivity index (χ1n) is 36.1. The van der Waals surface area contributed by atoms with E-state index >= 15 is 0 Å². The minimum absolute atomic E-state index is 0.0134. The highest BCUT2D eigenvalue weighted by molar-refractivity contribution is 7.99. The summed E-state index contributed by atoms with van der Waals surface area (Å²) in [7, 11) is 2.13. The molecule has 7 rings (SSSR count). The van der Waals surface area contributed by atoms with Gasteiger partial charge in [0.15, 0.2) is 0 Å². The van der Waals surface area contributed by atoms with Gasteiger partial charge in [-0.15, -0.1) is 0 Å². The Bertz CT molecular complexity index is 3830. The van der Waals surface area contributed by atoms with E-state index < -0.39 is 152 Å². The van der Waals surface area contributed by atoms with Gasteiger partial charge in [0.1, 0.15) is 30.2 Å². The zero-order valence-corrected chi connectivity index (χ0v) is 63.3. The van der Waals surface area contributed by atoms with Gasteiger partial charge in [0.25, 0.3) is 35.2 Å². The third kappa shape index (κ3) is 26.6. The average molecular weight is 1570 g/mol. The summed E-state index contributed by atoms with van der Waals surface area (Å²) in [5, 5.41) is 95.8. The number of carboxylic acids is 1. The van der Waals surface area contributed by atoms with Gasteiger partial charge in [0.2, 0.25) is 17.7 Å². The van der Waals surface area contributed by atoms with Crippen molar-refractivity contribution in [3.05, 3.63) is 150 Å². The lowest BCUT2D eigenvalue weighted by Gasteiger charge is -2.47. The van der Waals surface area contributed by atoms with Crippen LogP contribution in [-0.2, 0) is 57.2 Å². The molecule has 0 aliphatic carbocycles. The number of carbonyl (C=O) groups excluding carboxylic acids is 9. The fourth-order valence-electron chi connectivity index (χ4n) is 12.1. The second-order valence-corrected chi connectivity index (χ2v) is 28.5. The number of ether oxygens (including phenoxy) is 7. The smallest absolute Gasteiger partial charge is 0.366 e. The fourth-order valence-corrected chi connectivity index (χ4v) is 13.7. The number of aliphatic carboxylic acids is 1. The average Bonchev–Trinajstić information content (AvgIpc) is 0.770. The molecule has 2 aliphatic rings. The SMILES string of the molecule is COC(=O)[C@@]1(OCCCSCCNC(=O)c2ccc(C(=O)NCCSCCCO[C@]3(C(=O)OC)C[C@H](O)[C@@H](NC(C)=O)[C@H](C(O)[C@H](O)CNC(=O)c4ccc(-c5ccccc5)cc4)O3)c(OCCCNC(=O)CCCCC(=O)O)c2)C[C@H](O)[C@@H](NC(C)=O)[C@H](C(O)[C@H](O)CNC(=O)c2ccc(-c3ccccc3)cc2)O1. The van der Waals surface area contributed by atoms with Crippen LogP contribution in [0.2, 0.25) is 0 Å².